The van der Waals surface area contributed by atoms with Crippen molar-refractivity contribution in [1.82, 2.24) is 0 Å². The van der Waals surface area contributed by atoms with Crippen LogP contribution in [0.5, 0.6) is 0 Å². The van der Waals surface area contributed by atoms with Gasteiger partial charge in [-0.1, -0.05) is 40.4 Å². The van der Waals surface area contributed by atoms with Gasteiger partial charge in [0.1, 0.15) is 0 Å². The van der Waals surface area contributed by atoms with E-state index in [9.17, 15) is 0 Å². The van der Waals surface area contributed by atoms with E-state index in [1.165, 1.54) is 12.8 Å². The second-order valence-corrected chi connectivity index (χ2v) is 5.27. The van der Waals surface area contributed by atoms with E-state index < -0.39 is 0 Å². The molecule has 1 atom stereocenters. The molecule has 1 aliphatic rings. The van der Waals surface area contributed by atoms with E-state index in [4.69, 9.17) is 17.3 Å². The van der Waals surface area contributed by atoms with Crippen molar-refractivity contribution in [3.63, 3.8) is 0 Å². The molecule has 15 heavy (non-hydrogen) atoms. The number of hydrogen-bond acceptors (Lipinski definition) is 1. The van der Waals surface area contributed by atoms with Gasteiger partial charge in [0.25, 0.3) is 0 Å². The molecule has 1 nitrogen and oxygen atoms in total. The minimum Gasteiger partial charge on any atom is -0.324 e. The summed E-state index contributed by atoms with van der Waals surface area (Å²) in [6.07, 6.45) is 3.73. The van der Waals surface area contributed by atoms with Crippen LogP contribution in [0.3, 0.4) is 0 Å². The quantitative estimate of drug-likeness (QED) is 0.884. The monoisotopic (exact) mass is 309 g/mol. The molecule has 0 aromatic heterocycles. The molecule has 0 aliphatic heterocycles. The van der Waals surface area contributed by atoms with Crippen LogP contribution in [0.15, 0.2) is 22.7 Å². The van der Waals surface area contributed by atoms with Gasteiger partial charge in [-0.2, -0.15) is 0 Å². The van der Waals surface area contributed by atoms with Crippen molar-refractivity contribution >= 4 is 39.9 Å². The average molecular weight is 311 g/mol. The summed E-state index contributed by atoms with van der Waals surface area (Å²) in [6.45, 7) is 0. The summed E-state index contributed by atoms with van der Waals surface area (Å²) in [5, 5.41) is 0.779. The van der Waals surface area contributed by atoms with Crippen molar-refractivity contribution in [2.24, 2.45) is 11.7 Å². The molecule has 0 saturated heterocycles. The second kappa shape index (κ2) is 5.53. The molecule has 0 heterocycles. The van der Waals surface area contributed by atoms with Crippen LogP contribution in [0.4, 0.5) is 0 Å². The van der Waals surface area contributed by atoms with Crippen LogP contribution in [0.2, 0.25) is 5.02 Å². The molecular weight excluding hydrogens is 297 g/mol. The molecule has 0 unspecified atom stereocenters. The zero-order valence-corrected chi connectivity index (χ0v) is 11.4. The maximum absolute atomic E-state index is 6.10. The normalized spacial score (nSPS) is 17.0. The lowest BCUT2D eigenvalue weighted by atomic mass is 10.0. The van der Waals surface area contributed by atoms with Crippen molar-refractivity contribution in [2.45, 2.75) is 25.3 Å². The van der Waals surface area contributed by atoms with Crippen LogP contribution in [0.1, 0.15) is 30.9 Å². The van der Waals surface area contributed by atoms with Crippen LogP contribution in [0, 0.1) is 5.92 Å². The molecule has 1 saturated carbocycles. The van der Waals surface area contributed by atoms with Crippen molar-refractivity contribution in [3.05, 3.63) is 33.3 Å². The molecule has 4 heteroatoms. The predicted molar refractivity (Wildman–Crippen MR) is 70.7 cm³/mol. The highest BCUT2D eigenvalue weighted by Gasteiger charge is 2.25. The zero-order valence-electron chi connectivity index (χ0n) is 8.25. The van der Waals surface area contributed by atoms with Gasteiger partial charge in [0.2, 0.25) is 0 Å². The average Bonchev–Trinajstić information content (AvgIpc) is 2.93. The maximum Gasteiger partial charge on any atom is 0.0454 e. The molecular formula is C11H14BrCl2N. The van der Waals surface area contributed by atoms with Gasteiger partial charge >= 0.3 is 0 Å². The highest BCUT2D eigenvalue weighted by Crippen LogP contribution is 2.38. The number of rotatable bonds is 3. The minimum atomic E-state index is 0. The first-order valence-corrected chi connectivity index (χ1v) is 6.04. The van der Waals surface area contributed by atoms with Gasteiger partial charge in [-0.3, -0.25) is 0 Å². The van der Waals surface area contributed by atoms with Gasteiger partial charge in [0.15, 0.2) is 0 Å². The summed E-state index contributed by atoms with van der Waals surface area (Å²) in [6, 6.07) is 5.95. The Morgan fingerprint density at radius 2 is 2.13 bits per heavy atom. The Labute approximate surface area is 110 Å². The number of benzene rings is 1. The van der Waals surface area contributed by atoms with E-state index in [1.54, 1.807) is 0 Å². The van der Waals surface area contributed by atoms with Gasteiger partial charge in [0.05, 0.1) is 0 Å². The van der Waals surface area contributed by atoms with Crippen molar-refractivity contribution in [1.29, 1.82) is 0 Å². The summed E-state index contributed by atoms with van der Waals surface area (Å²) in [5.74, 6) is 0.833. The molecule has 1 aliphatic carbocycles. The Kier molecular flexibility index (Phi) is 4.91. The molecule has 0 bridgehead atoms. The molecule has 84 valence electrons. The first-order chi connectivity index (χ1) is 6.66. The number of nitrogens with two attached hydrogens (primary N) is 1. The molecule has 0 radical (unpaired) electrons. The lowest BCUT2D eigenvalue weighted by Crippen LogP contribution is -2.11. The fourth-order valence-corrected chi connectivity index (χ4v) is 2.27. The molecule has 1 fully saturated rings. The van der Waals surface area contributed by atoms with Gasteiger partial charge in [-0.15, -0.1) is 12.4 Å². The van der Waals surface area contributed by atoms with E-state index in [0.29, 0.717) is 0 Å². The molecule has 2 rings (SSSR count). The first kappa shape index (κ1) is 13.3. The third-order valence-electron chi connectivity index (χ3n) is 2.64. The first-order valence-electron chi connectivity index (χ1n) is 4.87. The summed E-state index contributed by atoms with van der Waals surface area (Å²) >= 11 is 9.53. The van der Waals surface area contributed by atoms with Gasteiger partial charge < -0.3 is 5.73 Å². The topological polar surface area (TPSA) is 26.0 Å². The Balaban J connectivity index is 0.00000112. The summed E-state index contributed by atoms with van der Waals surface area (Å²) in [4.78, 5) is 0. The Morgan fingerprint density at radius 3 is 2.73 bits per heavy atom. The summed E-state index contributed by atoms with van der Waals surface area (Å²) in [7, 11) is 0. The fourth-order valence-electron chi connectivity index (χ4n) is 1.64. The summed E-state index contributed by atoms with van der Waals surface area (Å²) in [5.41, 5.74) is 7.16. The highest BCUT2D eigenvalue weighted by atomic mass is 79.9. The molecule has 0 amide bonds. The maximum atomic E-state index is 6.10. The van der Waals surface area contributed by atoms with Crippen LogP contribution in [-0.4, -0.2) is 0 Å². The fraction of sp³-hybridized carbons (Fsp3) is 0.455. The molecule has 1 aromatic rings. The molecule has 1 aromatic carbocycles. The lowest BCUT2D eigenvalue weighted by Gasteiger charge is -2.13. The van der Waals surface area contributed by atoms with Crippen LogP contribution >= 0.6 is 39.9 Å². The van der Waals surface area contributed by atoms with E-state index in [-0.39, 0.29) is 18.4 Å². The van der Waals surface area contributed by atoms with Crippen molar-refractivity contribution < 1.29 is 0 Å². The minimum absolute atomic E-state index is 0. The van der Waals surface area contributed by atoms with Crippen LogP contribution in [-0.2, 0) is 0 Å². The van der Waals surface area contributed by atoms with Gasteiger partial charge in [-0.05, 0) is 36.1 Å². The van der Waals surface area contributed by atoms with Gasteiger partial charge in [0, 0.05) is 15.5 Å². The second-order valence-electron chi connectivity index (χ2n) is 3.95. The van der Waals surface area contributed by atoms with Crippen molar-refractivity contribution in [3.8, 4) is 0 Å². The van der Waals surface area contributed by atoms with Gasteiger partial charge in [-0.25, -0.2) is 0 Å². The van der Waals surface area contributed by atoms with E-state index in [2.05, 4.69) is 15.9 Å². The van der Waals surface area contributed by atoms with Crippen LogP contribution < -0.4 is 5.73 Å². The van der Waals surface area contributed by atoms with E-state index in [1.807, 2.05) is 18.2 Å². The molecule has 2 N–H and O–H groups in total. The molecule has 0 spiro atoms. The predicted octanol–water partition coefficient (Wildman–Crippen LogP) is 4.32. The third-order valence-corrected chi connectivity index (χ3v) is 3.48. The van der Waals surface area contributed by atoms with E-state index >= 15 is 0 Å². The largest absolute Gasteiger partial charge is 0.324 e. The van der Waals surface area contributed by atoms with Crippen LogP contribution in [0.25, 0.3) is 0 Å². The Hall–Kier alpha value is 0.240. The SMILES string of the molecule is Cl.N[C@@H](CC1CC1)c1cc(Br)ccc1Cl. The highest BCUT2D eigenvalue weighted by molar-refractivity contribution is 9.10. The smallest absolute Gasteiger partial charge is 0.0454 e. The Morgan fingerprint density at radius 1 is 1.47 bits per heavy atom. The Bertz CT molecular complexity index is 339. The van der Waals surface area contributed by atoms with Crippen molar-refractivity contribution in [2.75, 3.05) is 0 Å². The third kappa shape index (κ3) is 3.63. The zero-order chi connectivity index (χ0) is 10.1. The lowest BCUT2D eigenvalue weighted by molar-refractivity contribution is 0.597. The number of halogens is 3. The standard InChI is InChI=1S/C11H13BrClN.ClH/c12-8-3-4-10(13)9(6-8)11(14)5-7-1-2-7;/h3-4,6-7,11H,1-2,5,14H2;1H/t11-;/m0./s1. The number of hydrogen-bond donors (Lipinski definition) is 1. The van der Waals surface area contributed by atoms with E-state index in [0.717, 1.165) is 27.4 Å². The summed E-state index contributed by atoms with van der Waals surface area (Å²) < 4.78 is 1.04.